The summed E-state index contributed by atoms with van der Waals surface area (Å²) in [4.78, 5) is 35.3. The average molecular weight is 562 g/mol. The van der Waals surface area contributed by atoms with Crippen molar-refractivity contribution in [3.63, 3.8) is 0 Å². The molecule has 7 nitrogen and oxygen atoms in total. The van der Waals surface area contributed by atoms with Crippen LogP contribution < -0.4 is 11.3 Å². The molecule has 9 heteroatoms. The van der Waals surface area contributed by atoms with Gasteiger partial charge in [-0.15, -0.1) is 0 Å². The lowest BCUT2D eigenvalue weighted by atomic mass is 9.69. The number of urea groups is 1. The molecule has 0 radical (unpaired) electrons. The number of carbonyl (C=O) groups is 1. The number of nitrogens with two attached hydrogens (primary N) is 1. The molecule has 1 aliphatic carbocycles. The summed E-state index contributed by atoms with van der Waals surface area (Å²) in [5.74, 6) is -0.811. The maximum atomic E-state index is 14.8. The normalized spacial score (nSPS) is 24.1. The standard InChI is InChI=1S/C32H37F2N5O2/c33-24-8-9-27(34)26(16-24)29-17-25(35)11-15-39(29)31(41)37-14-10-23(32(20-37)12-4-5-13-32)19-38-21-36-28(18-30(38)40)22-6-2-1-3-7-22/h1-3,6-9,16,18,21,23,25,29H,4-5,10-15,17,19-20,35H2/t23?,25-,29+/m1/s1. The van der Waals surface area contributed by atoms with Crippen LogP contribution in [0.4, 0.5) is 13.6 Å². The van der Waals surface area contributed by atoms with Crippen molar-refractivity contribution in [2.75, 3.05) is 19.6 Å². The second-order valence-corrected chi connectivity index (χ2v) is 12.0. The van der Waals surface area contributed by atoms with Gasteiger partial charge < -0.3 is 15.5 Å². The molecule has 216 valence electrons. The monoisotopic (exact) mass is 561 g/mol. The number of benzene rings is 2. The predicted molar refractivity (Wildman–Crippen MR) is 153 cm³/mol. The zero-order valence-corrected chi connectivity index (χ0v) is 23.2. The van der Waals surface area contributed by atoms with E-state index in [2.05, 4.69) is 4.98 Å². The van der Waals surface area contributed by atoms with E-state index in [0.29, 0.717) is 44.7 Å². The number of piperidine rings is 2. The smallest absolute Gasteiger partial charge is 0.320 e. The van der Waals surface area contributed by atoms with Crippen molar-refractivity contribution < 1.29 is 13.6 Å². The van der Waals surface area contributed by atoms with Crippen LogP contribution in [0, 0.1) is 23.0 Å². The van der Waals surface area contributed by atoms with Crippen molar-refractivity contribution in [2.24, 2.45) is 17.1 Å². The van der Waals surface area contributed by atoms with Gasteiger partial charge in [0.05, 0.1) is 18.1 Å². The van der Waals surface area contributed by atoms with Crippen LogP contribution in [0.15, 0.2) is 65.7 Å². The minimum Gasteiger partial charge on any atom is -0.328 e. The van der Waals surface area contributed by atoms with Crippen molar-refractivity contribution in [1.29, 1.82) is 0 Å². The first-order valence-electron chi connectivity index (χ1n) is 14.7. The maximum Gasteiger partial charge on any atom is 0.320 e. The highest BCUT2D eigenvalue weighted by Crippen LogP contribution is 2.49. The van der Waals surface area contributed by atoms with Gasteiger partial charge in [0.2, 0.25) is 0 Å². The van der Waals surface area contributed by atoms with E-state index in [1.165, 1.54) is 6.07 Å². The van der Waals surface area contributed by atoms with Gasteiger partial charge in [-0.1, -0.05) is 43.2 Å². The van der Waals surface area contributed by atoms with E-state index in [4.69, 9.17) is 5.73 Å². The van der Waals surface area contributed by atoms with Gasteiger partial charge in [-0.25, -0.2) is 18.6 Å². The molecule has 1 spiro atoms. The summed E-state index contributed by atoms with van der Waals surface area (Å²) in [7, 11) is 0. The Morgan fingerprint density at radius 1 is 1.02 bits per heavy atom. The molecule has 1 unspecified atom stereocenters. The third-order valence-electron chi connectivity index (χ3n) is 9.56. The van der Waals surface area contributed by atoms with E-state index in [1.807, 2.05) is 35.2 Å². The molecule has 1 saturated carbocycles. The average Bonchev–Trinajstić information content (AvgIpc) is 3.45. The second kappa shape index (κ2) is 11.4. The number of hydrogen-bond acceptors (Lipinski definition) is 4. The lowest BCUT2D eigenvalue weighted by molar-refractivity contribution is 0.0211. The SMILES string of the molecule is N[C@@H]1CCN(C(=O)N2CCC(Cn3cnc(-c4ccccc4)cc3=O)C3(CCCC3)C2)[C@H](c2cc(F)ccc2F)C1. The molecule has 2 N–H and O–H groups in total. The quantitative estimate of drug-likeness (QED) is 0.465. The van der Waals surface area contributed by atoms with Gasteiger partial charge in [0.1, 0.15) is 11.6 Å². The first kappa shape index (κ1) is 27.6. The van der Waals surface area contributed by atoms with Crippen LogP contribution in [0.2, 0.25) is 0 Å². The lowest BCUT2D eigenvalue weighted by Crippen LogP contribution is -2.56. The topological polar surface area (TPSA) is 84.5 Å². The fourth-order valence-corrected chi connectivity index (χ4v) is 7.34. The Labute approximate surface area is 239 Å². The van der Waals surface area contributed by atoms with E-state index in [9.17, 15) is 18.4 Å². The molecule has 0 bridgehead atoms. The number of amides is 2. The molecule has 3 fully saturated rings. The summed E-state index contributed by atoms with van der Waals surface area (Å²) in [5.41, 5.74) is 7.82. The molecule has 2 amide bonds. The molecule has 3 heterocycles. The first-order valence-corrected chi connectivity index (χ1v) is 14.7. The number of halogens is 2. The minimum atomic E-state index is -0.605. The minimum absolute atomic E-state index is 0.0740. The zero-order chi connectivity index (χ0) is 28.6. The van der Waals surface area contributed by atoms with Gasteiger partial charge in [-0.3, -0.25) is 9.36 Å². The molecule has 3 aromatic rings. The van der Waals surface area contributed by atoms with E-state index in [0.717, 1.165) is 49.8 Å². The molecular formula is C32H37F2N5O2. The van der Waals surface area contributed by atoms with Crippen LogP contribution >= 0.6 is 0 Å². The fraction of sp³-hybridized carbons (Fsp3) is 0.469. The number of nitrogens with zero attached hydrogens (tertiary/aromatic N) is 4. The molecule has 3 atom stereocenters. The van der Waals surface area contributed by atoms with Gasteiger partial charge in [0.15, 0.2) is 0 Å². The van der Waals surface area contributed by atoms with Gasteiger partial charge in [0, 0.05) is 49.4 Å². The van der Waals surface area contributed by atoms with Gasteiger partial charge in [-0.05, 0) is 61.6 Å². The highest BCUT2D eigenvalue weighted by Gasteiger charge is 2.47. The fourth-order valence-electron chi connectivity index (χ4n) is 7.34. The number of likely N-dealkylation sites (tertiary alicyclic amines) is 2. The van der Waals surface area contributed by atoms with Crippen molar-refractivity contribution in [1.82, 2.24) is 19.4 Å². The number of aromatic nitrogens is 2. The molecule has 2 aliphatic heterocycles. The summed E-state index contributed by atoms with van der Waals surface area (Å²) in [5, 5.41) is 0. The van der Waals surface area contributed by atoms with Crippen LogP contribution in [0.3, 0.4) is 0 Å². The molecule has 1 aromatic heterocycles. The number of hydrogen-bond donors (Lipinski definition) is 1. The van der Waals surface area contributed by atoms with E-state index < -0.39 is 17.7 Å². The molecule has 6 rings (SSSR count). The number of rotatable bonds is 4. The van der Waals surface area contributed by atoms with Gasteiger partial charge in [-0.2, -0.15) is 0 Å². The maximum absolute atomic E-state index is 14.8. The van der Waals surface area contributed by atoms with Crippen molar-refractivity contribution in [2.45, 2.75) is 63.6 Å². The van der Waals surface area contributed by atoms with Crippen LogP contribution in [-0.4, -0.2) is 51.1 Å². The Kier molecular flexibility index (Phi) is 7.64. The zero-order valence-electron chi connectivity index (χ0n) is 23.2. The van der Waals surface area contributed by atoms with Crippen LogP contribution in [-0.2, 0) is 6.54 Å². The summed E-state index contributed by atoms with van der Waals surface area (Å²) < 4.78 is 30.6. The van der Waals surface area contributed by atoms with E-state index in [-0.39, 0.29) is 34.5 Å². The Hall–Kier alpha value is -3.59. The number of carbonyl (C=O) groups excluding carboxylic acids is 1. The summed E-state index contributed by atoms with van der Waals surface area (Å²) in [6.07, 6.45) is 7.61. The highest BCUT2D eigenvalue weighted by atomic mass is 19.1. The third kappa shape index (κ3) is 5.52. The Morgan fingerprint density at radius 3 is 2.56 bits per heavy atom. The summed E-state index contributed by atoms with van der Waals surface area (Å²) in [6.45, 7) is 2.12. The second-order valence-electron chi connectivity index (χ2n) is 12.0. The summed E-state index contributed by atoms with van der Waals surface area (Å²) >= 11 is 0. The molecule has 2 aromatic carbocycles. The van der Waals surface area contributed by atoms with Crippen molar-refractivity contribution in [3.8, 4) is 11.3 Å². The summed E-state index contributed by atoms with van der Waals surface area (Å²) in [6, 6.07) is 13.8. The first-order chi connectivity index (χ1) is 19.8. The van der Waals surface area contributed by atoms with Gasteiger partial charge in [0.25, 0.3) is 5.56 Å². The van der Waals surface area contributed by atoms with Crippen LogP contribution in [0.5, 0.6) is 0 Å². The highest BCUT2D eigenvalue weighted by molar-refractivity contribution is 5.75. The van der Waals surface area contributed by atoms with E-state index in [1.54, 1.807) is 21.9 Å². The van der Waals surface area contributed by atoms with Gasteiger partial charge >= 0.3 is 6.03 Å². The Bertz CT molecular complexity index is 1460. The molecule has 3 aliphatic rings. The van der Waals surface area contributed by atoms with Crippen LogP contribution in [0.25, 0.3) is 11.3 Å². The largest absolute Gasteiger partial charge is 0.328 e. The predicted octanol–water partition coefficient (Wildman–Crippen LogP) is 5.36. The molecule has 2 saturated heterocycles. The Morgan fingerprint density at radius 2 is 1.80 bits per heavy atom. The van der Waals surface area contributed by atoms with Crippen LogP contribution in [0.1, 0.15) is 56.6 Å². The Balaban J connectivity index is 1.21. The molecule has 41 heavy (non-hydrogen) atoms. The third-order valence-corrected chi connectivity index (χ3v) is 9.56. The lowest BCUT2D eigenvalue weighted by Gasteiger charge is -2.49. The molecular weight excluding hydrogens is 524 g/mol. The van der Waals surface area contributed by atoms with Crippen molar-refractivity contribution in [3.05, 3.63) is 88.5 Å². The van der Waals surface area contributed by atoms with E-state index >= 15 is 0 Å². The van der Waals surface area contributed by atoms with Crippen molar-refractivity contribution >= 4 is 6.03 Å².